The van der Waals surface area contributed by atoms with Crippen molar-refractivity contribution >= 4 is 17.2 Å². The Hall–Kier alpha value is -2.57. The molecular weight excluding hydrogens is 361 g/mol. The van der Waals surface area contributed by atoms with Crippen LogP contribution in [0.5, 0.6) is 0 Å². The molecule has 0 aliphatic heterocycles. The zero-order chi connectivity index (χ0) is 19.2. The number of nitrogens with zero attached hydrogens (tertiary/aromatic N) is 2. The summed E-state index contributed by atoms with van der Waals surface area (Å²) in [6.45, 7) is 4.40. The molecule has 0 fully saturated rings. The van der Waals surface area contributed by atoms with Crippen molar-refractivity contribution in [1.82, 2.24) is 15.2 Å². The van der Waals surface area contributed by atoms with Gasteiger partial charge in [0.25, 0.3) is 5.91 Å². The minimum atomic E-state index is -0.340. The van der Waals surface area contributed by atoms with E-state index < -0.39 is 0 Å². The van der Waals surface area contributed by atoms with E-state index in [1.807, 2.05) is 12.1 Å². The molecule has 0 saturated carbocycles. The third-order valence-corrected chi connectivity index (χ3v) is 5.15. The molecule has 1 heterocycles. The highest BCUT2D eigenvalue weighted by Crippen LogP contribution is 2.26. The second kappa shape index (κ2) is 8.88. The van der Waals surface area contributed by atoms with Crippen LogP contribution in [0.25, 0.3) is 10.6 Å². The molecule has 0 saturated heterocycles. The van der Waals surface area contributed by atoms with Gasteiger partial charge in [-0.15, -0.1) is 11.3 Å². The maximum Gasteiger partial charge on any atom is 0.271 e. The molecule has 2 aromatic carbocycles. The van der Waals surface area contributed by atoms with Gasteiger partial charge in [0, 0.05) is 24.0 Å². The normalized spacial score (nSPS) is 11.0. The maximum atomic E-state index is 13.9. The number of aromatic nitrogens is 1. The molecule has 3 rings (SSSR count). The first-order valence-corrected chi connectivity index (χ1v) is 9.69. The highest BCUT2D eigenvalue weighted by molar-refractivity contribution is 7.13. The predicted octanol–water partition coefficient (Wildman–Crippen LogP) is 4.33. The number of benzene rings is 2. The number of hydrogen-bond acceptors (Lipinski definition) is 4. The van der Waals surface area contributed by atoms with E-state index in [-0.39, 0.29) is 11.7 Å². The molecule has 1 aromatic heterocycles. The Bertz CT molecular complexity index is 925. The van der Waals surface area contributed by atoms with Gasteiger partial charge in [0.15, 0.2) is 0 Å². The van der Waals surface area contributed by atoms with Crippen LogP contribution in [-0.2, 0) is 13.1 Å². The Morgan fingerprint density at radius 3 is 2.74 bits per heavy atom. The Morgan fingerprint density at radius 1 is 1.19 bits per heavy atom. The van der Waals surface area contributed by atoms with E-state index in [2.05, 4.69) is 41.3 Å². The van der Waals surface area contributed by atoms with Gasteiger partial charge < -0.3 is 10.2 Å². The molecule has 0 aliphatic carbocycles. The van der Waals surface area contributed by atoms with Crippen LogP contribution < -0.4 is 5.32 Å². The smallest absolute Gasteiger partial charge is 0.271 e. The van der Waals surface area contributed by atoms with E-state index in [9.17, 15) is 9.18 Å². The standard InChI is InChI=1S/C21H22FN3OS/c1-3-25(2)13-16-8-6-7-15(11-16)12-23-20(26)19-14-27-21(24-19)17-9-4-5-10-18(17)22/h4-11,14H,3,12-13H2,1-2H3,(H,23,26). The molecule has 140 valence electrons. The fourth-order valence-corrected chi connectivity index (χ4v) is 3.50. The molecule has 0 unspecified atom stereocenters. The Balaban J connectivity index is 1.63. The Kier molecular flexibility index (Phi) is 6.32. The minimum Gasteiger partial charge on any atom is -0.347 e. The number of hydrogen-bond donors (Lipinski definition) is 1. The molecule has 0 bridgehead atoms. The molecule has 3 aromatic rings. The van der Waals surface area contributed by atoms with Crippen LogP contribution in [0.4, 0.5) is 4.39 Å². The van der Waals surface area contributed by atoms with Gasteiger partial charge in [-0.25, -0.2) is 9.37 Å². The fourth-order valence-electron chi connectivity index (χ4n) is 2.67. The molecule has 1 amide bonds. The van der Waals surface area contributed by atoms with Gasteiger partial charge in [0.1, 0.15) is 16.5 Å². The second-order valence-corrected chi connectivity index (χ2v) is 7.21. The quantitative estimate of drug-likeness (QED) is 0.660. The van der Waals surface area contributed by atoms with Gasteiger partial charge in [-0.3, -0.25) is 4.79 Å². The number of amides is 1. The van der Waals surface area contributed by atoms with Crippen molar-refractivity contribution in [2.24, 2.45) is 0 Å². The number of carbonyl (C=O) groups excluding carboxylic acids is 1. The van der Waals surface area contributed by atoms with Crippen LogP contribution in [0.1, 0.15) is 28.5 Å². The van der Waals surface area contributed by atoms with E-state index in [1.54, 1.807) is 23.6 Å². The van der Waals surface area contributed by atoms with E-state index in [0.717, 1.165) is 18.7 Å². The number of carbonyl (C=O) groups is 1. The summed E-state index contributed by atoms with van der Waals surface area (Å²) in [6.07, 6.45) is 0. The third kappa shape index (κ3) is 4.99. The van der Waals surface area contributed by atoms with Crippen LogP contribution in [0.3, 0.4) is 0 Å². The van der Waals surface area contributed by atoms with Crippen molar-refractivity contribution in [2.45, 2.75) is 20.0 Å². The van der Waals surface area contributed by atoms with Crippen molar-refractivity contribution in [2.75, 3.05) is 13.6 Å². The van der Waals surface area contributed by atoms with Gasteiger partial charge in [0.05, 0.1) is 0 Å². The summed E-state index contributed by atoms with van der Waals surface area (Å²) in [5.74, 6) is -0.599. The molecule has 4 nitrogen and oxygen atoms in total. The second-order valence-electron chi connectivity index (χ2n) is 6.35. The van der Waals surface area contributed by atoms with E-state index >= 15 is 0 Å². The van der Waals surface area contributed by atoms with Crippen LogP contribution in [0.15, 0.2) is 53.9 Å². The van der Waals surface area contributed by atoms with Crippen LogP contribution in [-0.4, -0.2) is 29.4 Å². The van der Waals surface area contributed by atoms with E-state index in [0.29, 0.717) is 22.8 Å². The number of thiazole rings is 1. The van der Waals surface area contributed by atoms with Gasteiger partial charge >= 0.3 is 0 Å². The largest absolute Gasteiger partial charge is 0.347 e. The Labute approximate surface area is 162 Å². The molecule has 1 N–H and O–H groups in total. The van der Waals surface area contributed by atoms with Gasteiger partial charge in [-0.05, 0) is 36.9 Å². The molecule has 0 radical (unpaired) electrons. The van der Waals surface area contributed by atoms with Gasteiger partial charge in [0.2, 0.25) is 0 Å². The van der Waals surface area contributed by atoms with Crippen molar-refractivity contribution in [3.05, 3.63) is 76.5 Å². The highest BCUT2D eigenvalue weighted by Gasteiger charge is 2.14. The maximum absolute atomic E-state index is 13.9. The lowest BCUT2D eigenvalue weighted by atomic mass is 10.1. The number of halogens is 1. The van der Waals surface area contributed by atoms with Crippen molar-refractivity contribution in [3.8, 4) is 10.6 Å². The monoisotopic (exact) mass is 383 g/mol. The summed E-state index contributed by atoms with van der Waals surface area (Å²) in [5, 5.41) is 5.05. The average molecular weight is 383 g/mol. The Morgan fingerprint density at radius 2 is 1.96 bits per heavy atom. The molecule has 6 heteroatoms. The van der Waals surface area contributed by atoms with Gasteiger partial charge in [-0.1, -0.05) is 43.3 Å². The fraction of sp³-hybridized carbons (Fsp3) is 0.238. The van der Waals surface area contributed by atoms with Crippen molar-refractivity contribution in [3.63, 3.8) is 0 Å². The summed E-state index contributed by atoms with van der Waals surface area (Å²) in [4.78, 5) is 18.9. The lowest BCUT2D eigenvalue weighted by molar-refractivity contribution is 0.0946. The molecule has 0 aliphatic rings. The van der Waals surface area contributed by atoms with E-state index in [4.69, 9.17) is 0 Å². The average Bonchev–Trinajstić information content (AvgIpc) is 3.16. The number of rotatable bonds is 7. The summed E-state index contributed by atoms with van der Waals surface area (Å²) in [7, 11) is 2.07. The van der Waals surface area contributed by atoms with Crippen LogP contribution in [0.2, 0.25) is 0 Å². The topological polar surface area (TPSA) is 45.2 Å². The molecular formula is C21H22FN3OS. The summed E-state index contributed by atoms with van der Waals surface area (Å²) >= 11 is 1.26. The summed E-state index contributed by atoms with van der Waals surface area (Å²) in [5.41, 5.74) is 2.96. The SMILES string of the molecule is CCN(C)Cc1cccc(CNC(=O)c2csc(-c3ccccc3F)n2)c1. The molecule has 0 atom stereocenters. The van der Waals surface area contributed by atoms with Crippen molar-refractivity contribution < 1.29 is 9.18 Å². The van der Waals surface area contributed by atoms with Gasteiger partial charge in [-0.2, -0.15) is 0 Å². The highest BCUT2D eigenvalue weighted by atomic mass is 32.1. The van der Waals surface area contributed by atoms with Crippen molar-refractivity contribution in [1.29, 1.82) is 0 Å². The van der Waals surface area contributed by atoms with E-state index in [1.165, 1.54) is 23.0 Å². The lowest BCUT2D eigenvalue weighted by Crippen LogP contribution is -2.23. The van der Waals surface area contributed by atoms with Crippen LogP contribution >= 0.6 is 11.3 Å². The lowest BCUT2D eigenvalue weighted by Gasteiger charge is -2.14. The first kappa shape index (κ1) is 19.2. The zero-order valence-electron chi connectivity index (χ0n) is 15.4. The first-order valence-electron chi connectivity index (χ1n) is 8.81. The molecule has 0 spiro atoms. The predicted molar refractivity (Wildman–Crippen MR) is 107 cm³/mol. The minimum absolute atomic E-state index is 0.259. The first-order chi connectivity index (χ1) is 13.1. The zero-order valence-corrected chi connectivity index (χ0v) is 16.2. The number of nitrogens with one attached hydrogen (secondary N) is 1. The molecule has 27 heavy (non-hydrogen) atoms. The third-order valence-electron chi connectivity index (χ3n) is 4.28. The summed E-state index contributed by atoms with van der Waals surface area (Å²) in [6, 6.07) is 14.6. The van der Waals surface area contributed by atoms with Crippen LogP contribution in [0, 0.1) is 5.82 Å². The summed E-state index contributed by atoms with van der Waals surface area (Å²) < 4.78 is 13.9.